The Bertz CT molecular complexity index is 138. The average Bonchev–Trinajstić information content (AvgIpc) is 1.65. The molecule has 8 heavy (non-hydrogen) atoms. The molecule has 0 aromatic heterocycles. The van der Waals surface area contributed by atoms with Crippen LogP contribution in [0.15, 0.2) is 17.3 Å². The van der Waals surface area contributed by atoms with Gasteiger partial charge in [-0.3, -0.25) is 5.73 Å². The third-order valence-electron chi connectivity index (χ3n) is 0.749. The van der Waals surface area contributed by atoms with Gasteiger partial charge in [-0.2, -0.15) is 0 Å². The molecule has 0 fully saturated rings. The molecule has 4 N–H and O–H groups in total. The molecule has 1 aliphatic rings. The molecule has 4 heteroatoms. The SMILES string of the molecule is NC1(O)N=CC=CN1. The fourth-order valence-electron chi connectivity index (χ4n) is 0.408. The van der Waals surface area contributed by atoms with Crippen molar-refractivity contribution in [2.75, 3.05) is 0 Å². The molecule has 1 rings (SSSR count). The fraction of sp³-hybridized carbons (Fsp3) is 0.250. The Kier molecular flexibility index (Phi) is 1.04. The summed E-state index contributed by atoms with van der Waals surface area (Å²) >= 11 is 0. The Hall–Kier alpha value is -0.870. The molecule has 0 aliphatic carbocycles. The summed E-state index contributed by atoms with van der Waals surface area (Å²) in [6, 6.07) is 0. The van der Waals surface area contributed by atoms with Gasteiger partial charge in [0.15, 0.2) is 0 Å². The van der Waals surface area contributed by atoms with Crippen LogP contribution in [0.5, 0.6) is 0 Å². The predicted molar refractivity (Wildman–Crippen MR) is 29.9 cm³/mol. The van der Waals surface area contributed by atoms with Crippen molar-refractivity contribution in [2.45, 2.75) is 5.97 Å². The number of nitrogens with one attached hydrogen (secondary N) is 1. The van der Waals surface area contributed by atoms with Gasteiger partial charge in [-0.05, 0) is 6.08 Å². The molecule has 0 aromatic carbocycles. The average molecular weight is 113 g/mol. The second-order valence-corrected chi connectivity index (χ2v) is 1.51. The lowest BCUT2D eigenvalue weighted by atomic mass is 10.5. The van der Waals surface area contributed by atoms with E-state index in [1.807, 2.05) is 0 Å². The number of aliphatic hydroxyl groups is 1. The first-order valence-electron chi connectivity index (χ1n) is 2.20. The molecule has 0 amide bonds. The van der Waals surface area contributed by atoms with Gasteiger partial charge in [0.25, 0.3) is 5.97 Å². The Morgan fingerprint density at radius 2 is 2.50 bits per heavy atom. The maximum absolute atomic E-state index is 8.79. The minimum absolute atomic E-state index is 1.43. The van der Waals surface area contributed by atoms with E-state index in [-0.39, 0.29) is 0 Å². The molecule has 0 saturated heterocycles. The molecule has 0 spiro atoms. The summed E-state index contributed by atoms with van der Waals surface area (Å²) in [5.41, 5.74) is 5.07. The summed E-state index contributed by atoms with van der Waals surface area (Å²) in [4.78, 5) is 3.47. The maximum atomic E-state index is 8.79. The number of aliphatic imine (C=N–C) groups is 1. The third kappa shape index (κ3) is 1.05. The van der Waals surface area contributed by atoms with Crippen molar-refractivity contribution in [3.8, 4) is 0 Å². The van der Waals surface area contributed by atoms with E-state index in [1.165, 1.54) is 12.4 Å². The molecule has 0 aromatic rings. The second-order valence-electron chi connectivity index (χ2n) is 1.51. The van der Waals surface area contributed by atoms with E-state index in [0.29, 0.717) is 0 Å². The molecule has 1 unspecified atom stereocenters. The highest BCUT2D eigenvalue weighted by atomic mass is 16.3. The van der Waals surface area contributed by atoms with Gasteiger partial charge in [0.05, 0.1) is 0 Å². The number of nitrogens with zero attached hydrogens (tertiary/aromatic N) is 1. The number of hydrogen-bond acceptors (Lipinski definition) is 4. The zero-order valence-corrected chi connectivity index (χ0v) is 4.20. The first-order valence-corrected chi connectivity index (χ1v) is 2.20. The summed E-state index contributed by atoms with van der Waals surface area (Å²) in [7, 11) is 0. The Labute approximate surface area is 46.7 Å². The van der Waals surface area contributed by atoms with Crippen molar-refractivity contribution < 1.29 is 5.11 Å². The van der Waals surface area contributed by atoms with Crippen LogP contribution in [0.2, 0.25) is 0 Å². The highest BCUT2D eigenvalue weighted by Crippen LogP contribution is 1.93. The van der Waals surface area contributed by atoms with Gasteiger partial charge in [0, 0.05) is 12.4 Å². The summed E-state index contributed by atoms with van der Waals surface area (Å²) in [5, 5.41) is 11.2. The normalized spacial score (nSPS) is 34.8. The largest absolute Gasteiger partial charge is 0.340 e. The minimum atomic E-state index is -1.59. The van der Waals surface area contributed by atoms with E-state index >= 15 is 0 Å². The van der Waals surface area contributed by atoms with Crippen molar-refractivity contribution in [2.24, 2.45) is 10.7 Å². The van der Waals surface area contributed by atoms with E-state index in [0.717, 1.165) is 0 Å². The predicted octanol–water partition coefficient (Wildman–Crippen LogP) is -1.26. The Morgan fingerprint density at radius 3 is 2.75 bits per heavy atom. The van der Waals surface area contributed by atoms with E-state index in [4.69, 9.17) is 10.8 Å². The molecule has 4 nitrogen and oxygen atoms in total. The molecule has 1 aliphatic heterocycles. The van der Waals surface area contributed by atoms with E-state index in [2.05, 4.69) is 10.3 Å². The highest BCUT2D eigenvalue weighted by molar-refractivity contribution is 5.72. The van der Waals surface area contributed by atoms with Crippen molar-refractivity contribution in [1.82, 2.24) is 5.32 Å². The lowest BCUT2D eigenvalue weighted by Gasteiger charge is -2.19. The molecular formula is C4H7N3O. The number of nitrogens with two attached hydrogens (primary N) is 1. The van der Waals surface area contributed by atoms with Crippen LogP contribution in [-0.4, -0.2) is 17.3 Å². The minimum Gasteiger partial charge on any atom is -0.340 e. The van der Waals surface area contributed by atoms with Gasteiger partial charge in [-0.1, -0.05) is 0 Å². The molecule has 1 atom stereocenters. The quantitative estimate of drug-likeness (QED) is 0.343. The van der Waals surface area contributed by atoms with Crippen LogP contribution < -0.4 is 11.1 Å². The zero-order valence-electron chi connectivity index (χ0n) is 4.20. The molecule has 0 radical (unpaired) electrons. The van der Waals surface area contributed by atoms with E-state index in [9.17, 15) is 0 Å². The fourth-order valence-corrected chi connectivity index (χ4v) is 0.408. The molecule has 44 valence electrons. The lowest BCUT2D eigenvalue weighted by Crippen LogP contribution is -2.50. The van der Waals surface area contributed by atoms with Crippen molar-refractivity contribution in [3.05, 3.63) is 12.3 Å². The molecule has 0 bridgehead atoms. The van der Waals surface area contributed by atoms with Crippen LogP contribution in [0.4, 0.5) is 0 Å². The van der Waals surface area contributed by atoms with Crippen molar-refractivity contribution >= 4 is 6.21 Å². The monoisotopic (exact) mass is 113 g/mol. The van der Waals surface area contributed by atoms with Crippen LogP contribution in [0.3, 0.4) is 0 Å². The van der Waals surface area contributed by atoms with Crippen LogP contribution in [0.25, 0.3) is 0 Å². The van der Waals surface area contributed by atoms with Gasteiger partial charge in [-0.15, -0.1) is 0 Å². The smallest absolute Gasteiger partial charge is 0.294 e. The van der Waals surface area contributed by atoms with Crippen LogP contribution in [0.1, 0.15) is 0 Å². The highest BCUT2D eigenvalue weighted by Gasteiger charge is 2.15. The second kappa shape index (κ2) is 1.57. The lowest BCUT2D eigenvalue weighted by molar-refractivity contribution is 0.0343. The topological polar surface area (TPSA) is 70.6 Å². The summed E-state index contributed by atoms with van der Waals surface area (Å²) in [6.07, 6.45) is 4.59. The number of allylic oxidation sites excluding steroid dienone is 1. The van der Waals surface area contributed by atoms with Gasteiger partial charge >= 0.3 is 0 Å². The van der Waals surface area contributed by atoms with Crippen molar-refractivity contribution in [3.63, 3.8) is 0 Å². The van der Waals surface area contributed by atoms with Crippen molar-refractivity contribution in [1.29, 1.82) is 0 Å². The number of hydrogen-bond donors (Lipinski definition) is 3. The molecular weight excluding hydrogens is 106 g/mol. The van der Waals surface area contributed by atoms with Gasteiger partial charge in [0.2, 0.25) is 0 Å². The van der Waals surface area contributed by atoms with Gasteiger partial charge < -0.3 is 10.4 Å². The van der Waals surface area contributed by atoms with E-state index in [1.54, 1.807) is 6.08 Å². The zero-order chi connectivity index (χ0) is 6.04. The summed E-state index contributed by atoms with van der Waals surface area (Å²) in [5.74, 6) is -1.59. The number of rotatable bonds is 0. The standard InChI is InChI=1S/C4H7N3O/c5-4(8)6-2-1-3-7-4/h1-3,6,8H,5H2. The van der Waals surface area contributed by atoms with E-state index < -0.39 is 5.97 Å². The summed E-state index contributed by atoms with van der Waals surface area (Å²) in [6.45, 7) is 0. The first kappa shape index (κ1) is 5.27. The van der Waals surface area contributed by atoms with Crippen LogP contribution in [-0.2, 0) is 0 Å². The maximum Gasteiger partial charge on any atom is 0.294 e. The van der Waals surface area contributed by atoms with Gasteiger partial charge in [-0.25, -0.2) is 4.99 Å². The van der Waals surface area contributed by atoms with Crippen LogP contribution >= 0.6 is 0 Å². The molecule has 1 heterocycles. The molecule has 0 saturated carbocycles. The Morgan fingerprint density at radius 1 is 1.75 bits per heavy atom. The summed E-state index contributed by atoms with van der Waals surface area (Å²) < 4.78 is 0. The van der Waals surface area contributed by atoms with Crippen LogP contribution in [0, 0.1) is 0 Å². The Balaban J connectivity index is 2.65. The van der Waals surface area contributed by atoms with Gasteiger partial charge in [0.1, 0.15) is 0 Å². The third-order valence-corrected chi connectivity index (χ3v) is 0.749. The first-order chi connectivity index (χ1) is 3.71.